The zero-order valence-corrected chi connectivity index (χ0v) is 19.4. The van der Waals surface area contributed by atoms with E-state index in [1.807, 2.05) is 12.2 Å². The Bertz CT molecular complexity index is 1110. The molecule has 0 bridgehead atoms. The van der Waals surface area contributed by atoms with Gasteiger partial charge in [-0.2, -0.15) is 0 Å². The van der Waals surface area contributed by atoms with Gasteiger partial charge in [0, 0.05) is 11.8 Å². The highest BCUT2D eigenvalue weighted by molar-refractivity contribution is 5.35. The Hall–Kier alpha value is -3.00. The minimum absolute atomic E-state index is 0.0567. The van der Waals surface area contributed by atoms with Crippen molar-refractivity contribution in [3.05, 3.63) is 130 Å². The third-order valence-corrected chi connectivity index (χ3v) is 6.84. The molecule has 170 valence electrons. The lowest BCUT2D eigenvalue weighted by Gasteiger charge is -2.24. The zero-order chi connectivity index (χ0) is 23.2. The fourth-order valence-corrected chi connectivity index (χ4v) is 4.67. The van der Waals surface area contributed by atoms with Crippen LogP contribution in [0.2, 0.25) is 0 Å². The molecule has 33 heavy (non-hydrogen) atoms. The molecule has 0 nitrogen and oxygen atoms in total. The average molecular weight is 443 g/mol. The highest BCUT2D eigenvalue weighted by atomic mass is 19.2. The lowest BCUT2D eigenvalue weighted by molar-refractivity contribution is 0.481. The monoisotopic (exact) mass is 442 g/mol. The van der Waals surface area contributed by atoms with Gasteiger partial charge in [0.2, 0.25) is 0 Å². The van der Waals surface area contributed by atoms with E-state index >= 15 is 0 Å². The van der Waals surface area contributed by atoms with Crippen LogP contribution in [0, 0.1) is 18.6 Å². The topological polar surface area (TPSA) is 0 Å². The van der Waals surface area contributed by atoms with Gasteiger partial charge in [0.25, 0.3) is 0 Å². The first-order chi connectivity index (χ1) is 16.0. The first-order valence-corrected chi connectivity index (χ1v) is 12.0. The van der Waals surface area contributed by atoms with Gasteiger partial charge in [-0.15, -0.1) is 6.58 Å². The van der Waals surface area contributed by atoms with Gasteiger partial charge >= 0.3 is 0 Å². The quantitative estimate of drug-likeness (QED) is 0.307. The van der Waals surface area contributed by atoms with Crippen LogP contribution in [-0.2, 0) is 19.3 Å². The largest absolute Gasteiger partial charge is 0.203 e. The number of allylic oxidation sites excluding steroid dienone is 3. The maximum atomic E-state index is 14.4. The SMILES string of the molecule is C=CCCc1ccc(CCc2ccc(C3C=CC(c4ccc(C)c(F)c4F)CC3)cc2)cc1. The zero-order valence-electron chi connectivity index (χ0n) is 19.4. The fourth-order valence-electron chi connectivity index (χ4n) is 4.67. The van der Waals surface area contributed by atoms with Gasteiger partial charge in [-0.1, -0.05) is 78.9 Å². The van der Waals surface area contributed by atoms with E-state index < -0.39 is 11.6 Å². The molecule has 0 N–H and O–H groups in total. The van der Waals surface area contributed by atoms with Crippen molar-refractivity contribution in [2.45, 2.75) is 57.3 Å². The maximum absolute atomic E-state index is 14.4. The summed E-state index contributed by atoms with van der Waals surface area (Å²) in [6, 6.07) is 21.2. The van der Waals surface area contributed by atoms with Crippen molar-refractivity contribution < 1.29 is 8.78 Å². The lowest BCUT2D eigenvalue weighted by Crippen LogP contribution is -2.09. The number of rotatable bonds is 8. The molecule has 0 saturated heterocycles. The number of hydrogen-bond donors (Lipinski definition) is 0. The molecule has 0 heterocycles. The van der Waals surface area contributed by atoms with Crippen LogP contribution in [0.3, 0.4) is 0 Å². The Balaban J connectivity index is 1.33. The van der Waals surface area contributed by atoms with Gasteiger partial charge in [-0.3, -0.25) is 0 Å². The van der Waals surface area contributed by atoms with Crippen molar-refractivity contribution >= 4 is 0 Å². The first-order valence-electron chi connectivity index (χ1n) is 12.0. The van der Waals surface area contributed by atoms with E-state index in [2.05, 4.69) is 61.2 Å². The number of aryl methyl sites for hydroxylation is 4. The Morgan fingerprint density at radius 1 is 0.727 bits per heavy atom. The summed E-state index contributed by atoms with van der Waals surface area (Å²) in [5, 5.41) is 0. The van der Waals surface area contributed by atoms with Crippen LogP contribution in [0.5, 0.6) is 0 Å². The molecular formula is C31H32F2. The summed E-state index contributed by atoms with van der Waals surface area (Å²) in [7, 11) is 0. The van der Waals surface area contributed by atoms with Crippen LogP contribution in [0.1, 0.15) is 64.5 Å². The van der Waals surface area contributed by atoms with Crippen molar-refractivity contribution in [2.24, 2.45) is 0 Å². The number of halogens is 2. The minimum atomic E-state index is -0.720. The molecule has 0 fully saturated rings. The first kappa shape index (κ1) is 23.2. The number of hydrogen-bond acceptors (Lipinski definition) is 0. The molecule has 1 aliphatic carbocycles. The van der Waals surface area contributed by atoms with Crippen molar-refractivity contribution in [1.29, 1.82) is 0 Å². The van der Waals surface area contributed by atoms with Crippen LogP contribution in [0.15, 0.2) is 85.5 Å². The summed E-state index contributed by atoms with van der Waals surface area (Å²) in [6.07, 6.45) is 12.1. The smallest absolute Gasteiger partial charge is 0.162 e. The molecule has 2 heteroatoms. The molecule has 1 aliphatic rings. The van der Waals surface area contributed by atoms with Crippen LogP contribution in [-0.4, -0.2) is 0 Å². The summed E-state index contributed by atoms with van der Waals surface area (Å²) < 4.78 is 28.3. The van der Waals surface area contributed by atoms with E-state index in [9.17, 15) is 8.78 Å². The maximum Gasteiger partial charge on any atom is 0.162 e. The summed E-state index contributed by atoms with van der Waals surface area (Å²) in [5.74, 6) is -1.14. The van der Waals surface area contributed by atoms with Crippen molar-refractivity contribution in [1.82, 2.24) is 0 Å². The van der Waals surface area contributed by atoms with Gasteiger partial charge in [-0.25, -0.2) is 8.78 Å². The molecule has 0 aliphatic heterocycles. The van der Waals surface area contributed by atoms with E-state index in [0.717, 1.165) is 38.5 Å². The van der Waals surface area contributed by atoms with Gasteiger partial charge in [0.05, 0.1) is 0 Å². The van der Waals surface area contributed by atoms with Gasteiger partial charge in [0.1, 0.15) is 0 Å². The van der Waals surface area contributed by atoms with E-state index in [-0.39, 0.29) is 5.92 Å². The molecule has 3 aromatic carbocycles. The summed E-state index contributed by atoms with van der Waals surface area (Å²) in [6.45, 7) is 5.38. The third kappa shape index (κ3) is 5.68. The second-order valence-electron chi connectivity index (χ2n) is 9.16. The molecule has 0 spiro atoms. The van der Waals surface area contributed by atoms with Crippen molar-refractivity contribution in [3.8, 4) is 0 Å². The average Bonchev–Trinajstić information content (AvgIpc) is 2.86. The van der Waals surface area contributed by atoms with E-state index in [1.165, 1.54) is 22.3 Å². The van der Waals surface area contributed by atoms with Crippen molar-refractivity contribution in [2.75, 3.05) is 0 Å². The molecule has 3 aromatic rings. The van der Waals surface area contributed by atoms with E-state index in [0.29, 0.717) is 17.0 Å². The standard InChI is InChI=1S/C31H32F2/c1-3-4-5-23-7-9-24(10-8-23)11-12-25-13-15-26(16-14-25)27-17-19-28(20-18-27)29-21-6-22(2)30(32)31(29)33/h3,6-10,13-17,19,21,27-28H,1,4-5,11-12,18,20H2,2H3. The molecule has 0 saturated carbocycles. The van der Waals surface area contributed by atoms with Crippen LogP contribution in [0.25, 0.3) is 0 Å². The molecular weight excluding hydrogens is 410 g/mol. The Labute approximate surface area is 196 Å². The molecule has 0 amide bonds. The minimum Gasteiger partial charge on any atom is -0.203 e. The number of benzene rings is 3. The van der Waals surface area contributed by atoms with Crippen LogP contribution in [0.4, 0.5) is 8.78 Å². The van der Waals surface area contributed by atoms with Crippen molar-refractivity contribution in [3.63, 3.8) is 0 Å². The molecule has 2 unspecified atom stereocenters. The highest BCUT2D eigenvalue weighted by Gasteiger charge is 2.22. The molecule has 0 radical (unpaired) electrons. The van der Waals surface area contributed by atoms with Gasteiger partial charge in [-0.05, 0) is 78.8 Å². The predicted octanol–water partition coefficient (Wildman–Crippen LogP) is 8.39. The molecule has 2 atom stereocenters. The molecule has 0 aromatic heterocycles. The second kappa shape index (κ2) is 10.7. The summed E-state index contributed by atoms with van der Waals surface area (Å²) >= 11 is 0. The van der Waals surface area contributed by atoms with E-state index in [1.54, 1.807) is 19.1 Å². The Kier molecular flexibility index (Phi) is 7.54. The van der Waals surface area contributed by atoms with E-state index in [4.69, 9.17) is 0 Å². The fraction of sp³-hybridized carbons (Fsp3) is 0.290. The van der Waals surface area contributed by atoms with Gasteiger partial charge in [0.15, 0.2) is 11.6 Å². The van der Waals surface area contributed by atoms with Crippen LogP contribution < -0.4 is 0 Å². The highest BCUT2D eigenvalue weighted by Crippen LogP contribution is 2.37. The third-order valence-electron chi connectivity index (χ3n) is 6.84. The Morgan fingerprint density at radius 2 is 1.27 bits per heavy atom. The summed E-state index contributed by atoms with van der Waals surface area (Å²) in [4.78, 5) is 0. The Morgan fingerprint density at radius 3 is 1.85 bits per heavy atom. The second-order valence-corrected chi connectivity index (χ2v) is 9.16. The van der Waals surface area contributed by atoms with Gasteiger partial charge < -0.3 is 0 Å². The normalized spacial score (nSPS) is 17.8. The summed E-state index contributed by atoms with van der Waals surface area (Å²) in [5.41, 5.74) is 6.18. The molecule has 4 rings (SSSR count). The lowest BCUT2D eigenvalue weighted by atomic mass is 9.81. The predicted molar refractivity (Wildman–Crippen MR) is 134 cm³/mol. The van der Waals surface area contributed by atoms with Crippen LogP contribution >= 0.6 is 0 Å².